The molecule has 4 nitrogen and oxygen atoms in total. The fourth-order valence-electron chi connectivity index (χ4n) is 2.17. The second-order valence-corrected chi connectivity index (χ2v) is 4.70. The highest BCUT2D eigenvalue weighted by atomic mass is 16.3. The number of aliphatic hydroxyl groups excluding tert-OH is 1. The van der Waals surface area contributed by atoms with Gasteiger partial charge < -0.3 is 10.4 Å². The van der Waals surface area contributed by atoms with Crippen molar-refractivity contribution < 1.29 is 5.11 Å². The van der Waals surface area contributed by atoms with Gasteiger partial charge in [0.15, 0.2) is 0 Å². The zero-order valence-corrected chi connectivity index (χ0v) is 11.2. The minimum absolute atomic E-state index is 0.289. The van der Waals surface area contributed by atoms with E-state index in [0.717, 1.165) is 25.2 Å². The van der Waals surface area contributed by atoms with Gasteiger partial charge in [-0.3, -0.25) is 4.68 Å². The minimum Gasteiger partial charge on any atom is -0.396 e. The summed E-state index contributed by atoms with van der Waals surface area (Å²) in [5.41, 5.74) is 2.27. The first kappa shape index (κ1) is 14.2. The Balaban J connectivity index is 2.32. The molecule has 0 saturated heterocycles. The minimum atomic E-state index is 0.289. The van der Waals surface area contributed by atoms with E-state index in [2.05, 4.69) is 23.4 Å². The lowest BCUT2D eigenvalue weighted by atomic mass is 10.0. The van der Waals surface area contributed by atoms with Gasteiger partial charge in [0.2, 0.25) is 0 Å². The zero-order valence-electron chi connectivity index (χ0n) is 11.2. The Kier molecular flexibility index (Phi) is 6.22. The summed E-state index contributed by atoms with van der Waals surface area (Å²) in [5, 5.41) is 16.8. The Morgan fingerprint density at radius 2 is 2.24 bits per heavy atom. The molecular formula is C13H25N3O. The first-order chi connectivity index (χ1) is 8.17. The van der Waals surface area contributed by atoms with Crippen LogP contribution >= 0.6 is 0 Å². The summed E-state index contributed by atoms with van der Waals surface area (Å²) in [6, 6.07) is 2.11. The molecule has 1 rings (SSSR count). The maximum absolute atomic E-state index is 8.99. The molecule has 17 heavy (non-hydrogen) atoms. The summed E-state index contributed by atoms with van der Waals surface area (Å²) in [7, 11) is 1.97. The van der Waals surface area contributed by atoms with Crippen molar-refractivity contribution in [2.75, 3.05) is 13.2 Å². The van der Waals surface area contributed by atoms with E-state index in [1.165, 1.54) is 18.5 Å². The maximum atomic E-state index is 8.99. The van der Waals surface area contributed by atoms with Crippen molar-refractivity contribution in [2.24, 2.45) is 13.0 Å². The van der Waals surface area contributed by atoms with Gasteiger partial charge in [0.05, 0.1) is 11.4 Å². The monoisotopic (exact) mass is 239 g/mol. The highest BCUT2D eigenvalue weighted by molar-refractivity contribution is 5.08. The molecule has 0 aliphatic carbocycles. The van der Waals surface area contributed by atoms with Gasteiger partial charge in [0.1, 0.15) is 0 Å². The molecule has 0 amide bonds. The Hall–Kier alpha value is -0.870. The van der Waals surface area contributed by atoms with Crippen LogP contribution in [0.5, 0.6) is 0 Å². The molecule has 0 radical (unpaired) electrons. The summed E-state index contributed by atoms with van der Waals surface area (Å²) in [4.78, 5) is 0. The number of hydrogen-bond acceptors (Lipinski definition) is 3. The van der Waals surface area contributed by atoms with E-state index in [1.807, 2.05) is 18.7 Å². The van der Waals surface area contributed by atoms with Gasteiger partial charge in [0, 0.05) is 20.2 Å². The summed E-state index contributed by atoms with van der Waals surface area (Å²) in [6.45, 7) is 6.31. The number of aromatic nitrogens is 2. The first-order valence-corrected chi connectivity index (χ1v) is 6.48. The fourth-order valence-corrected chi connectivity index (χ4v) is 2.17. The van der Waals surface area contributed by atoms with Gasteiger partial charge in [-0.1, -0.05) is 13.3 Å². The Labute approximate surface area is 104 Å². The molecule has 1 aromatic heterocycles. The molecule has 0 spiro atoms. The lowest BCUT2D eigenvalue weighted by molar-refractivity contribution is 0.247. The van der Waals surface area contributed by atoms with E-state index in [-0.39, 0.29) is 6.61 Å². The van der Waals surface area contributed by atoms with E-state index in [4.69, 9.17) is 5.11 Å². The predicted molar refractivity (Wildman–Crippen MR) is 69.8 cm³/mol. The van der Waals surface area contributed by atoms with E-state index in [0.29, 0.717) is 5.92 Å². The van der Waals surface area contributed by atoms with Crippen LogP contribution < -0.4 is 5.32 Å². The van der Waals surface area contributed by atoms with Gasteiger partial charge in [0.25, 0.3) is 0 Å². The quantitative estimate of drug-likeness (QED) is 0.725. The van der Waals surface area contributed by atoms with Crippen molar-refractivity contribution >= 4 is 0 Å². The third-order valence-electron chi connectivity index (χ3n) is 3.07. The van der Waals surface area contributed by atoms with Crippen LogP contribution in [0.2, 0.25) is 0 Å². The molecule has 0 bridgehead atoms. The van der Waals surface area contributed by atoms with Gasteiger partial charge in [-0.2, -0.15) is 5.10 Å². The first-order valence-electron chi connectivity index (χ1n) is 6.48. The normalized spacial score (nSPS) is 12.9. The molecule has 1 unspecified atom stereocenters. The van der Waals surface area contributed by atoms with Gasteiger partial charge in [-0.15, -0.1) is 0 Å². The molecule has 0 aliphatic rings. The molecule has 0 fully saturated rings. The summed E-state index contributed by atoms with van der Waals surface area (Å²) < 4.78 is 1.92. The average Bonchev–Trinajstić information content (AvgIpc) is 2.58. The SMILES string of the molecule is CCCC(CCO)CNCc1cc(C)nn1C. The summed E-state index contributed by atoms with van der Waals surface area (Å²) >= 11 is 0. The highest BCUT2D eigenvalue weighted by Crippen LogP contribution is 2.10. The zero-order chi connectivity index (χ0) is 12.7. The predicted octanol–water partition coefficient (Wildman–Crippen LogP) is 1.62. The van der Waals surface area contributed by atoms with E-state index in [1.54, 1.807) is 0 Å². The summed E-state index contributed by atoms with van der Waals surface area (Å²) in [6.07, 6.45) is 3.25. The second-order valence-electron chi connectivity index (χ2n) is 4.70. The molecular weight excluding hydrogens is 214 g/mol. The van der Waals surface area contributed by atoms with Crippen molar-refractivity contribution in [1.82, 2.24) is 15.1 Å². The van der Waals surface area contributed by atoms with E-state index in [9.17, 15) is 0 Å². The van der Waals surface area contributed by atoms with Crippen molar-refractivity contribution in [3.05, 3.63) is 17.5 Å². The average molecular weight is 239 g/mol. The molecule has 0 aromatic carbocycles. The van der Waals surface area contributed by atoms with Crippen LogP contribution in [-0.4, -0.2) is 28.0 Å². The largest absolute Gasteiger partial charge is 0.396 e. The van der Waals surface area contributed by atoms with Gasteiger partial charge in [-0.25, -0.2) is 0 Å². The van der Waals surface area contributed by atoms with Crippen LogP contribution in [0, 0.1) is 12.8 Å². The molecule has 2 N–H and O–H groups in total. The van der Waals surface area contributed by atoms with Crippen molar-refractivity contribution in [2.45, 2.75) is 39.7 Å². The van der Waals surface area contributed by atoms with Crippen LogP contribution in [0.15, 0.2) is 6.07 Å². The Bertz CT molecular complexity index is 316. The summed E-state index contributed by atoms with van der Waals surface area (Å²) in [5.74, 6) is 0.583. The molecule has 98 valence electrons. The Morgan fingerprint density at radius 1 is 1.47 bits per heavy atom. The van der Waals surface area contributed by atoms with Crippen LogP contribution in [0.25, 0.3) is 0 Å². The molecule has 4 heteroatoms. The molecule has 1 atom stereocenters. The number of aryl methyl sites for hydroxylation is 2. The van der Waals surface area contributed by atoms with Crippen LogP contribution in [0.4, 0.5) is 0 Å². The third-order valence-corrected chi connectivity index (χ3v) is 3.07. The lowest BCUT2D eigenvalue weighted by Gasteiger charge is -2.15. The van der Waals surface area contributed by atoms with Crippen LogP contribution in [-0.2, 0) is 13.6 Å². The van der Waals surface area contributed by atoms with Crippen molar-refractivity contribution in [3.63, 3.8) is 0 Å². The van der Waals surface area contributed by atoms with E-state index < -0.39 is 0 Å². The van der Waals surface area contributed by atoms with Gasteiger partial charge in [-0.05, 0) is 38.3 Å². The fraction of sp³-hybridized carbons (Fsp3) is 0.769. The second kappa shape index (κ2) is 7.45. The molecule has 1 aromatic rings. The molecule has 1 heterocycles. The van der Waals surface area contributed by atoms with Crippen LogP contribution in [0.1, 0.15) is 37.6 Å². The Morgan fingerprint density at radius 3 is 2.76 bits per heavy atom. The van der Waals surface area contributed by atoms with Crippen molar-refractivity contribution in [3.8, 4) is 0 Å². The lowest BCUT2D eigenvalue weighted by Crippen LogP contribution is -2.24. The topological polar surface area (TPSA) is 50.1 Å². The standard InChI is InChI=1S/C13H25N3O/c1-4-5-12(6-7-17)9-14-10-13-8-11(2)15-16(13)3/h8,12,14,17H,4-7,9-10H2,1-3H3. The number of nitrogens with one attached hydrogen (secondary N) is 1. The van der Waals surface area contributed by atoms with Gasteiger partial charge >= 0.3 is 0 Å². The third kappa shape index (κ3) is 4.88. The molecule has 0 aliphatic heterocycles. The van der Waals surface area contributed by atoms with Crippen molar-refractivity contribution in [1.29, 1.82) is 0 Å². The number of hydrogen-bond donors (Lipinski definition) is 2. The number of aliphatic hydroxyl groups is 1. The van der Waals surface area contributed by atoms with E-state index >= 15 is 0 Å². The maximum Gasteiger partial charge on any atom is 0.0597 e. The number of nitrogens with zero attached hydrogens (tertiary/aromatic N) is 2. The number of rotatable bonds is 8. The smallest absolute Gasteiger partial charge is 0.0597 e. The molecule has 0 saturated carbocycles. The highest BCUT2D eigenvalue weighted by Gasteiger charge is 2.07. The van der Waals surface area contributed by atoms with Crippen LogP contribution in [0.3, 0.4) is 0 Å².